The molecule has 29 heavy (non-hydrogen) atoms. The number of carbonyl (C=O) groups is 1. The fourth-order valence-corrected chi connectivity index (χ4v) is 3.98. The molecule has 0 amide bonds. The van der Waals surface area contributed by atoms with Crippen molar-refractivity contribution < 1.29 is 14.6 Å². The molecular formula is C21H17Cl2N3O3. The first-order chi connectivity index (χ1) is 14.0. The van der Waals surface area contributed by atoms with Gasteiger partial charge in [-0.1, -0.05) is 47.5 Å². The van der Waals surface area contributed by atoms with Crippen LogP contribution in [0.1, 0.15) is 27.7 Å². The number of nitrogens with one attached hydrogen (secondary N) is 1. The van der Waals surface area contributed by atoms with E-state index in [0.29, 0.717) is 27.8 Å². The van der Waals surface area contributed by atoms with Gasteiger partial charge in [-0.15, -0.1) is 0 Å². The summed E-state index contributed by atoms with van der Waals surface area (Å²) in [5.41, 5.74) is 2.88. The van der Waals surface area contributed by atoms with Crippen molar-refractivity contribution in [1.82, 2.24) is 9.97 Å². The van der Waals surface area contributed by atoms with E-state index in [1.54, 1.807) is 18.2 Å². The van der Waals surface area contributed by atoms with Gasteiger partial charge in [-0.2, -0.15) is 0 Å². The van der Waals surface area contributed by atoms with Gasteiger partial charge in [0, 0.05) is 17.0 Å². The van der Waals surface area contributed by atoms with Crippen LogP contribution in [0.2, 0.25) is 10.0 Å². The number of carbonyl (C=O) groups excluding carboxylic acids is 1. The molecule has 2 aromatic carbocycles. The van der Waals surface area contributed by atoms with Crippen molar-refractivity contribution in [3.63, 3.8) is 0 Å². The largest absolute Gasteiger partial charge is 0.464 e. The van der Waals surface area contributed by atoms with Gasteiger partial charge in [0.2, 0.25) is 0 Å². The smallest absolute Gasteiger partial charge is 0.359 e. The van der Waals surface area contributed by atoms with Crippen LogP contribution < -0.4 is 5.32 Å². The first kappa shape index (κ1) is 19.6. The topological polar surface area (TPSA) is 84.3 Å². The van der Waals surface area contributed by atoms with Gasteiger partial charge in [0.15, 0.2) is 5.69 Å². The van der Waals surface area contributed by atoms with Crippen LogP contribution in [0.15, 0.2) is 48.7 Å². The second kappa shape index (κ2) is 7.99. The van der Waals surface area contributed by atoms with E-state index in [-0.39, 0.29) is 17.4 Å². The van der Waals surface area contributed by atoms with Crippen LogP contribution in [0.3, 0.4) is 0 Å². The van der Waals surface area contributed by atoms with Crippen LogP contribution in [-0.4, -0.2) is 34.3 Å². The lowest BCUT2D eigenvalue weighted by atomic mass is 10.1. The van der Waals surface area contributed by atoms with Crippen LogP contribution in [0.4, 0.5) is 5.82 Å². The van der Waals surface area contributed by atoms with Gasteiger partial charge in [-0.3, -0.25) is 0 Å². The van der Waals surface area contributed by atoms with Crippen molar-refractivity contribution in [2.24, 2.45) is 0 Å². The minimum absolute atomic E-state index is 0.0162. The third-order valence-electron chi connectivity index (χ3n) is 4.84. The van der Waals surface area contributed by atoms with E-state index in [2.05, 4.69) is 15.3 Å². The first-order valence-electron chi connectivity index (χ1n) is 8.91. The molecular weight excluding hydrogens is 413 g/mol. The van der Waals surface area contributed by atoms with E-state index in [0.717, 1.165) is 11.1 Å². The number of hydrogen-bond acceptors (Lipinski definition) is 6. The van der Waals surface area contributed by atoms with Gasteiger partial charge in [-0.05, 0) is 29.3 Å². The van der Waals surface area contributed by atoms with E-state index >= 15 is 0 Å². The Bertz CT molecular complexity index is 1090. The maximum absolute atomic E-state index is 12.4. The maximum atomic E-state index is 12.4. The molecule has 0 bridgehead atoms. The highest BCUT2D eigenvalue weighted by Crippen LogP contribution is 2.35. The van der Waals surface area contributed by atoms with Crippen LogP contribution in [0.5, 0.6) is 0 Å². The molecule has 0 saturated heterocycles. The molecule has 8 heteroatoms. The maximum Gasteiger partial charge on any atom is 0.359 e. The second-order valence-corrected chi connectivity index (χ2v) is 7.50. The summed E-state index contributed by atoms with van der Waals surface area (Å²) in [7, 11) is 1.27. The first-order valence-corrected chi connectivity index (χ1v) is 9.66. The number of nitrogens with zero attached hydrogens (tertiary/aromatic N) is 2. The lowest BCUT2D eigenvalue weighted by molar-refractivity contribution is 0.0594. The van der Waals surface area contributed by atoms with Crippen LogP contribution in [-0.2, 0) is 11.2 Å². The fourth-order valence-electron chi connectivity index (χ4n) is 3.48. The van der Waals surface area contributed by atoms with Gasteiger partial charge in [0.05, 0.1) is 30.5 Å². The van der Waals surface area contributed by atoms with Crippen LogP contribution >= 0.6 is 23.2 Å². The molecule has 0 radical (unpaired) electrons. The highest BCUT2D eigenvalue weighted by molar-refractivity contribution is 6.36. The van der Waals surface area contributed by atoms with Gasteiger partial charge in [-0.25, -0.2) is 14.8 Å². The molecule has 6 nitrogen and oxygen atoms in total. The number of benzene rings is 2. The van der Waals surface area contributed by atoms with E-state index in [4.69, 9.17) is 27.9 Å². The number of ether oxygens (including phenoxy) is 1. The number of hydrogen-bond donors (Lipinski definition) is 2. The average Bonchev–Trinajstić information content (AvgIpc) is 3.03. The van der Waals surface area contributed by atoms with E-state index < -0.39 is 12.1 Å². The summed E-state index contributed by atoms with van der Waals surface area (Å²) in [6.07, 6.45) is 1.44. The molecule has 1 aliphatic rings. The Balaban J connectivity index is 1.72. The molecule has 0 aliphatic heterocycles. The summed E-state index contributed by atoms with van der Waals surface area (Å²) in [6.45, 7) is 0. The predicted molar refractivity (Wildman–Crippen MR) is 111 cm³/mol. The molecule has 1 aromatic heterocycles. The molecule has 0 saturated carbocycles. The average molecular weight is 430 g/mol. The quantitative estimate of drug-likeness (QED) is 0.601. The van der Waals surface area contributed by atoms with Crippen molar-refractivity contribution in [2.45, 2.75) is 18.6 Å². The third kappa shape index (κ3) is 3.79. The van der Waals surface area contributed by atoms with Gasteiger partial charge >= 0.3 is 5.97 Å². The molecule has 1 heterocycles. The van der Waals surface area contributed by atoms with Crippen LogP contribution in [0.25, 0.3) is 11.3 Å². The van der Waals surface area contributed by atoms with E-state index in [1.807, 2.05) is 24.3 Å². The number of aromatic nitrogens is 2. The molecule has 2 atom stereocenters. The molecule has 4 rings (SSSR count). The zero-order valence-corrected chi connectivity index (χ0v) is 16.9. The van der Waals surface area contributed by atoms with Crippen molar-refractivity contribution >= 4 is 35.0 Å². The molecule has 0 fully saturated rings. The normalized spacial score (nSPS) is 17.7. The summed E-state index contributed by atoms with van der Waals surface area (Å²) >= 11 is 12.2. The van der Waals surface area contributed by atoms with Crippen molar-refractivity contribution in [2.75, 3.05) is 12.4 Å². The number of halogens is 2. The Labute approximate surface area is 177 Å². The SMILES string of the molecule is COC(=O)c1nc(N[C@@H]2c3ccccc3C[C@@H]2O)cnc1-c1ccc(Cl)cc1Cl. The predicted octanol–water partition coefficient (Wildman–Crippen LogP) is 4.31. The Morgan fingerprint density at radius 2 is 2.03 bits per heavy atom. The molecule has 1 aliphatic carbocycles. The zero-order chi connectivity index (χ0) is 20.5. The summed E-state index contributed by atoms with van der Waals surface area (Å²) in [6, 6.07) is 12.3. The summed E-state index contributed by atoms with van der Waals surface area (Å²) in [4.78, 5) is 21.2. The Hall–Kier alpha value is -2.67. The Morgan fingerprint density at radius 3 is 2.79 bits per heavy atom. The zero-order valence-electron chi connectivity index (χ0n) is 15.4. The lowest BCUT2D eigenvalue weighted by Gasteiger charge is -2.19. The fraction of sp³-hybridized carbons (Fsp3) is 0.190. The standard InChI is InChI=1S/C21H17Cl2N3O3/c1-29-21(28)20-19(14-7-6-12(22)9-15(14)23)24-10-17(26-20)25-18-13-5-3-2-4-11(13)8-16(18)27/h2-7,9-10,16,18,27H,8H2,1H3,(H,25,26)/t16-,18+/m0/s1. The summed E-state index contributed by atoms with van der Waals surface area (Å²) in [5.74, 6) is -0.297. The molecule has 0 spiro atoms. The summed E-state index contributed by atoms with van der Waals surface area (Å²) in [5, 5.41) is 14.5. The number of aliphatic hydroxyl groups excluding tert-OH is 1. The van der Waals surface area contributed by atoms with Crippen molar-refractivity contribution in [3.8, 4) is 11.3 Å². The number of methoxy groups -OCH3 is 1. The monoisotopic (exact) mass is 429 g/mol. The van der Waals surface area contributed by atoms with Crippen molar-refractivity contribution in [3.05, 3.63) is 75.5 Å². The second-order valence-electron chi connectivity index (χ2n) is 6.66. The van der Waals surface area contributed by atoms with E-state index in [9.17, 15) is 9.90 Å². The highest BCUT2D eigenvalue weighted by Gasteiger charge is 2.31. The molecule has 2 N–H and O–H groups in total. The minimum Gasteiger partial charge on any atom is -0.464 e. The van der Waals surface area contributed by atoms with Gasteiger partial charge < -0.3 is 15.2 Å². The van der Waals surface area contributed by atoms with Gasteiger partial charge in [0.25, 0.3) is 0 Å². The molecule has 3 aromatic rings. The lowest BCUT2D eigenvalue weighted by Crippen LogP contribution is -2.22. The number of esters is 1. The van der Waals surface area contributed by atoms with Crippen LogP contribution in [0, 0.1) is 0 Å². The van der Waals surface area contributed by atoms with Crippen molar-refractivity contribution in [1.29, 1.82) is 0 Å². The number of anilines is 1. The number of fused-ring (bicyclic) bond motifs is 1. The van der Waals surface area contributed by atoms with E-state index in [1.165, 1.54) is 13.3 Å². The third-order valence-corrected chi connectivity index (χ3v) is 5.39. The summed E-state index contributed by atoms with van der Waals surface area (Å²) < 4.78 is 4.88. The molecule has 0 unspecified atom stereocenters. The highest BCUT2D eigenvalue weighted by atomic mass is 35.5. The Kier molecular flexibility index (Phi) is 5.41. The van der Waals surface area contributed by atoms with Gasteiger partial charge in [0.1, 0.15) is 11.5 Å². The number of aliphatic hydroxyl groups is 1. The molecule has 148 valence electrons. The minimum atomic E-state index is -0.644. The number of rotatable bonds is 4. The Morgan fingerprint density at radius 1 is 1.24 bits per heavy atom.